The zero-order valence-electron chi connectivity index (χ0n) is 14.3. The van der Waals surface area contributed by atoms with Crippen molar-refractivity contribution in [2.75, 3.05) is 12.4 Å². The number of ether oxygens (including phenoxy) is 1. The van der Waals surface area contributed by atoms with E-state index in [-0.39, 0.29) is 17.9 Å². The molecule has 25 heavy (non-hydrogen) atoms. The van der Waals surface area contributed by atoms with Crippen LogP contribution in [0.4, 0.5) is 0 Å². The van der Waals surface area contributed by atoms with E-state index < -0.39 is 39.1 Å². The Morgan fingerprint density at radius 3 is 2.28 bits per heavy atom. The van der Waals surface area contributed by atoms with Crippen molar-refractivity contribution in [3.8, 4) is 0 Å². The van der Waals surface area contributed by atoms with Gasteiger partial charge in [0, 0.05) is 18.1 Å². The van der Waals surface area contributed by atoms with Crippen molar-refractivity contribution < 1.29 is 27.9 Å². The van der Waals surface area contributed by atoms with Gasteiger partial charge in [-0.05, 0) is 45.0 Å². The number of hydrogen-bond acceptors (Lipinski definition) is 5. The molecule has 1 atom stereocenters. The molecule has 0 spiro atoms. The van der Waals surface area contributed by atoms with Crippen molar-refractivity contribution >= 4 is 33.3 Å². The summed E-state index contributed by atoms with van der Waals surface area (Å²) in [5.41, 5.74) is -0.439. The largest absolute Gasteiger partial charge is 0.480 e. The maximum absolute atomic E-state index is 12.2. The Bertz CT molecular complexity index is 709. The highest BCUT2D eigenvalue weighted by Crippen LogP contribution is 2.15. The standard InChI is InChI=1S/C16H22ClNO6S/c1-16(2,3)24-9-8-13(15(20)21)18-14(19)10-25(22,23)12-6-4-11(17)5-7-12/h4-7,13H,8-10H2,1-3H3,(H,18,19)(H,20,21). The van der Waals surface area contributed by atoms with Gasteiger partial charge in [-0.15, -0.1) is 0 Å². The maximum Gasteiger partial charge on any atom is 0.326 e. The van der Waals surface area contributed by atoms with E-state index in [1.54, 1.807) is 0 Å². The van der Waals surface area contributed by atoms with Gasteiger partial charge in [-0.25, -0.2) is 13.2 Å². The summed E-state index contributed by atoms with van der Waals surface area (Å²) in [6.45, 7) is 5.57. The predicted octanol–water partition coefficient (Wildman–Crippen LogP) is 1.89. The Balaban J connectivity index is 2.68. The number of carbonyl (C=O) groups is 2. The van der Waals surface area contributed by atoms with Crippen LogP contribution in [0.5, 0.6) is 0 Å². The molecule has 9 heteroatoms. The van der Waals surface area contributed by atoms with Crippen molar-refractivity contribution in [3.63, 3.8) is 0 Å². The molecule has 0 aromatic heterocycles. The second-order valence-corrected chi connectivity index (χ2v) is 8.85. The van der Waals surface area contributed by atoms with Crippen LogP contribution < -0.4 is 5.32 Å². The molecule has 0 radical (unpaired) electrons. The molecule has 2 N–H and O–H groups in total. The smallest absolute Gasteiger partial charge is 0.326 e. The van der Waals surface area contributed by atoms with Gasteiger partial charge in [-0.1, -0.05) is 11.6 Å². The van der Waals surface area contributed by atoms with E-state index in [0.717, 1.165) is 0 Å². The lowest BCUT2D eigenvalue weighted by Crippen LogP contribution is -2.44. The van der Waals surface area contributed by atoms with Crippen molar-refractivity contribution in [3.05, 3.63) is 29.3 Å². The zero-order valence-corrected chi connectivity index (χ0v) is 15.9. The zero-order chi connectivity index (χ0) is 19.3. The molecule has 0 fully saturated rings. The molecule has 0 aliphatic heterocycles. The topological polar surface area (TPSA) is 110 Å². The third-order valence-corrected chi connectivity index (χ3v) is 4.95. The number of carbonyl (C=O) groups excluding carboxylic acids is 1. The Morgan fingerprint density at radius 2 is 1.80 bits per heavy atom. The predicted molar refractivity (Wildman–Crippen MR) is 93.4 cm³/mol. The van der Waals surface area contributed by atoms with E-state index in [1.807, 2.05) is 20.8 Å². The minimum Gasteiger partial charge on any atom is -0.480 e. The molecule has 1 rings (SSSR count). The second-order valence-electron chi connectivity index (χ2n) is 6.42. The average Bonchev–Trinajstić information content (AvgIpc) is 2.44. The van der Waals surface area contributed by atoms with Crippen molar-refractivity contribution in [2.24, 2.45) is 0 Å². The number of halogens is 1. The van der Waals surface area contributed by atoms with Crippen LogP contribution in [0, 0.1) is 0 Å². The van der Waals surface area contributed by atoms with E-state index in [0.29, 0.717) is 5.02 Å². The van der Waals surface area contributed by atoms with Crippen LogP contribution in [0.1, 0.15) is 27.2 Å². The first kappa shape index (κ1) is 21.4. The summed E-state index contributed by atoms with van der Waals surface area (Å²) >= 11 is 5.70. The van der Waals surface area contributed by atoms with Gasteiger partial charge >= 0.3 is 5.97 Å². The molecule has 140 valence electrons. The third kappa shape index (κ3) is 7.85. The summed E-state index contributed by atoms with van der Waals surface area (Å²) in [6, 6.07) is 4.15. The summed E-state index contributed by atoms with van der Waals surface area (Å²) in [5, 5.41) is 11.7. The Kier molecular flexibility index (Phi) is 7.40. The Morgan fingerprint density at radius 1 is 1.24 bits per heavy atom. The molecule has 0 saturated carbocycles. The average molecular weight is 392 g/mol. The monoisotopic (exact) mass is 391 g/mol. The molecular weight excluding hydrogens is 370 g/mol. The van der Waals surface area contributed by atoms with Crippen LogP contribution in [-0.2, 0) is 24.2 Å². The number of nitrogens with one attached hydrogen (secondary N) is 1. The van der Waals surface area contributed by atoms with Crippen LogP contribution in [0.25, 0.3) is 0 Å². The third-order valence-electron chi connectivity index (χ3n) is 3.07. The fraction of sp³-hybridized carbons (Fsp3) is 0.500. The van der Waals surface area contributed by atoms with Gasteiger partial charge in [-0.3, -0.25) is 4.79 Å². The van der Waals surface area contributed by atoms with E-state index in [2.05, 4.69) is 5.32 Å². The fourth-order valence-corrected chi connectivity index (χ4v) is 3.15. The molecular formula is C16H22ClNO6S. The summed E-state index contributed by atoms with van der Waals surface area (Å²) in [5.74, 6) is -2.99. The molecule has 1 unspecified atom stereocenters. The minimum atomic E-state index is -3.89. The van der Waals surface area contributed by atoms with E-state index in [4.69, 9.17) is 21.4 Å². The molecule has 1 aromatic rings. The van der Waals surface area contributed by atoms with Crippen molar-refractivity contribution in [2.45, 2.75) is 43.7 Å². The summed E-state index contributed by atoms with van der Waals surface area (Å²) < 4.78 is 29.8. The maximum atomic E-state index is 12.2. The van der Waals surface area contributed by atoms with Crippen LogP contribution in [0.15, 0.2) is 29.2 Å². The quantitative estimate of drug-likeness (QED) is 0.700. The Labute approximate surface area is 152 Å². The summed E-state index contributed by atoms with van der Waals surface area (Å²) in [7, 11) is -3.89. The normalized spacial score (nSPS) is 13.3. The SMILES string of the molecule is CC(C)(C)OCCC(NC(=O)CS(=O)(=O)c1ccc(Cl)cc1)C(=O)O. The van der Waals surface area contributed by atoms with Gasteiger partial charge in [0.05, 0.1) is 10.5 Å². The molecule has 1 aromatic carbocycles. The van der Waals surface area contributed by atoms with E-state index in [9.17, 15) is 18.0 Å². The Hall–Kier alpha value is -1.64. The van der Waals surface area contributed by atoms with Crippen molar-refractivity contribution in [1.82, 2.24) is 5.32 Å². The minimum absolute atomic E-state index is 0.0271. The number of hydrogen-bond donors (Lipinski definition) is 2. The van der Waals surface area contributed by atoms with Gasteiger partial charge in [0.15, 0.2) is 9.84 Å². The van der Waals surface area contributed by atoms with E-state index in [1.165, 1.54) is 24.3 Å². The highest BCUT2D eigenvalue weighted by atomic mass is 35.5. The number of sulfone groups is 1. The van der Waals surface area contributed by atoms with Gasteiger partial charge < -0.3 is 15.2 Å². The first-order valence-corrected chi connectivity index (χ1v) is 9.58. The first-order chi connectivity index (χ1) is 11.4. The van der Waals surface area contributed by atoms with Crippen molar-refractivity contribution in [1.29, 1.82) is 0 Å². The van der Waals surface area contributed by atoms with Crippen LogP contribution >= 0.6 is 11.6 Å². The number of amides is 1. The van der Waals surface area contributed by atoms with Gasteiger partial charge in [-0.2, -0.15) is 0 Å². The molecule has 0 heterocycles. The highest BCUT2D eigenvalue weighted by Gasteiger charge is 2.25. The lowest BCUT2D eigenvalue weighted by molar-refractivity contribution is -0.142. The number of benzene rings is 1. The fourth-order valence-electron chi connectivity index (χ4n) is 1.87. The molecule has 7 nitrogen and oxygen atoms in total. The van der Waals surface area contributed by atoms with Crippen LogP contribution in [-0.4, -0.2) is 49.4 Å². The number of carboxylic acid groups (broad SMARTS) is 1. The lowest BCUT2D eigenvalue weighted by Gasteiger charge is -2.21. The molecule has 1 amide bonds. The first-order valence-electron chi connectivity index (χ1n) is 7.55. The highest BCUT2D eigenvalue weighted by molar-refractivity contribution is 7.92. The second kappa shape index (κ2) is 8.64. The summed E-state index contributed by atoms with van der Waals surface area (Å²) in [4.78, 5) is 23.1. The molecule has 0 aliphatic carbocycles. The van der Waals surface area contributed by atoms with Crippen LogP contribution in [0.3, 0.4) is 0 Å². The molecule has 0 aliphatic rings. The molecule has 0 saturated heterocycles. The van der Waals surface area contributed by atoms with Gasteiger partial charge in [0.2, 0.25) is 5.91 Å². The number of carboxylic acids is 1. The summed E-state index contributed by atoms with van der Waals surface area (Å²) in [6.07, 6.45) is 0.0271. The van der Waals surface area contributed by atoms with E-state index >= 15 is 0 Å². The van der Waals surface area contributed by atoms with Gasteiger partial charge in [0.25, 0.3) is 0 Å². The lowest BCUT2D eigenvalue weighted by atomic mass is 10.2. The van der Waals surface area contributed by atoms with Gasteiger partial charge in [0.1, 0.15) is 11.8 Å². The molecule has 0 bridgehead atoms. The number of rotatable bonds is 8. The number of aliphatic carboxylic acids is 1. The van der Waals surface area contributed by atoms with Crippen LogP contribution in [0.2, 0.25) is 5.02 Å².